The van der Waals surface area contributed by atoms with Crippen LogP contribution in [0.4, 0.5) is 0 Å². The summed E-state index contributed by atoms with van der Waals surface area (Å²) >= 11 is 0. The average molecular weight is 321 g/mol. The number of benzene rings is 2. The van der Waals surface area contributed by atoms with Gasteiger partial charge >= 0.3 is 0 Å². The van der Waals surface area contributed by atoms with E-state index in [1.165, 1.54) is 22.3 Å². The van der Waals surface area contributed by atoms with Crippen LogP contribution in [0, 0.1) is 0 Å². The number of hydrogen-bond donors (Lipinski definition) is 0. The summed E-state index contributed by atoms with van der Waals surface area (Å²) in [6.07, 6.45) is 3.74. The molecule has 0 bridgehead atoms. The Labute approximate surface area is 148 Å². The maximum absolute atomic E-state index is 3.72. The summed E-state index contributed by atoms with van der Waals surface area (Å²) in [5.74, 6) is 0. The van der Waals surface area contributed by atoms with E-state index in [0.29, 0.717) is 0 Å². The van der Waals surface area contributed by atoms with Crippen LogP contribution in [-0.4, -0.2) is 0 Å². The van der Waals surface area contributed by atoms with E-state index < -0.39 is 0 Å². The van der Waals surface area contributed by atoms with Crippen LogP contribution >= 0.6 is 0 Å². The normalized spacial score (nSPS) is 11.2. The van der Waals surface area contributed by atoms with Gasteiger partial charge in [-0.1, -0.05) is 115 Å². The molecule has 0 unspecified atom stereocenters. The van der Waals surface area contributed by atoms with Gasteiger partial charge in [0.25, 0.3) is 0 Å². The Morgan fingerprint density at radius 2 is 0.792 bits per heavy atom. The van der Waals surface area contributed by atoms with E-state index in [0.717, 1.165) is 0 Å². The summed E-state index contributed by atoms with van der Waals surface area (Å²) in [6.45, 7) is 20.8. The molecular weight excluding hydrogens is 288 g/mol. The molecule has 0 aliphatic heterocycles. The van der Waals surface area contributed by atoms with E-state index in [4.69, 9.17) is 0 Å². The fraction of sp³-hybridized carbons (Fsp3) is 0.333. The minimum atomic E-state index is 0.250. The van der Waals surface area contributed by atoms with Gasteiger partial charge < -0.3 is 0 Å². The molecule has 0 saturated heterocycles. The topological polar surface area (TPSA) is 0 Å². The maximum Gasteiger partial charge on any atom is -0.0132 e. The second-order valence-corrected chi connectivity index (χ2v) is 8.15. The van der Waals surface area contributed by atoms with Crippen LogP contribution in [0.1, 0.15) is 63.8 Å². The summed E-state index contributed by atoms with van der Waals surface area (Å²) in [7, 11) is 0. The van der Waals surface area contributed by atoms with Crippen LogP contribution in [0.25, 0.3) is 12.2 Å². The molecule has 0 amide bonds. The Balaban J connectivity index is 0.000000240. The zero-order chi connectivity index (χ0) is 18.4. The van der Waals surface area contributed by atoms with E-state index >= 15 is 0 Å². The lowest BCUT2D eigenvalue weighted by atomic mass is 9.87. The highest BCUT2D eigenvalue weighted by Crippen LogP contribution is 2.23. The molecule has 0 N–H and O–H groups in total. The summed E-state index contributed by atoms with van der Waals surface area (Å²) in [5.41, 5.74) is 5.60. The van der Waals surface area contributed by atoms with Gasteiger partial charge in [-0.05, 0) is 33.1 Å². The highest BCUT2D eigenvalue weighted by Gasteiger charge is 2.12. The summed E-state index contributed by atoms with van der Waals surface area (Å²) in [6, 6.07) is 17.1. The van der Waals surface area contributed by atoms with Crippen LogP contribution < -0.4 is 0 Å². The summed E-state index contributed by atoms with van der Waals surface area (Å²) < 4.78 is 0. The molecule has 0 aromatic heterocycles. The predicted molar refractivity (Wildman–Crippen MR) is 110 cm³/mol. The molecule has 128 valence electrons. The molecule has 0 fully saturated rings. The third-order valence-electron chi connectivity index (χ3n) is 4.02. The zero-order valence-electron chi connectivity index (χ0n) is 16.2. The molecule has 0 saturated carbocycles. The fourth-order valence-corrected chi connectivity index (χ4v) is 2.24. The standard InChI is InChI=1S/2C12H16/c2*1-5-10-6-8-11(9-7-10)12(2,3)4/h2*5-9H,1H2,2-4H3. The van der Waals surface area contributed by atoms with Crippen LogP contribution in [0.2, 0.25) is 0 Å². The van der Waals surface area contributed by atoms with Gasteiger partial charge in [0.1, 0.15) is 0 Å². The molecule has 0 spiro atoms. The average Bonchev–Trinajstić information content (AvgIpc) is 2.54. The molecule has 24 heavy (non-hydrogen) atoms. The molecule has 2 aromatic carbocycles. The van der Waals surface area contributed by atoms with Crippen LogP contribution in [0.15, 0.2) is 61.7 Å². The first-order valence-electron chi connectivity index (χ1n) is 8.54. The minimum Gasteiger partial charge on any atom is -0.0985 e. The smallest absolute Gasteiger partial charge is 0.0132 e. The van der Waals surface area contributed by atoms with Crippen molar-refractivity contribution in [3.8, 4) is 0 Å². The molecule has 0 nitrogen and oxygen atoms in total. The van der Waals surface area contributed by atoms with Crippen molar-refractivity contribution in [2.45, 2.75) is 52.4 Å². The van der Waals surface area contributed by atoms with Gasteiger partial charge in [-0.15, -0.1) is 0 Å². The number of hydrogen-bond acceptors (Lipinski definition) is 0. The quantitative estimate of drug-likeness (QED) is 0.546. The molecule has 0 radical (unpaired) electrons. The Morgan fingerprint density at radius 3 is 0.958 bits per heavy atom. The molecule has 2 aromatic rings. The predicted octanol–water partition coefficient (Wildman–Crippen LogP) is 7.25. The number of rotatable bonds is 2. The Bertz CT molecular complexity index is 580. The van der Waals surface area contributed by atoms with E-state index in [1.54, 1.807) is 0 Å². The van der Waals surface area contributed by atoms with Crippen molar-refractivity contribution >= 4 is 12.2 Å². The van der Waals surface area contributed by atoms with E-state index in [9.17, 15) is 0 Å². The van der Waals surface area contributed by atoms with Gasteiger partial charge in [-0.2, -0.15) is 0 Å². The molecule has 2 rings (SSSR count). The van der Waals surface area contributed by atoms with E-state index in [1.807, 2.05) is 12.2 Å². The Hall–Kier alpha value is -2.08. The van der Waals surface area contributed by atoms with Gasteiger partial charge in [-0.3, -0.25) is 0 Å². The first-order chi connectivity index (χ1) is 11.1. The second-order valence-electron chi connectivity index (χ2n) is 8.15. The molecule has 0 heteroatoms. The minimum absolute atomic E-state index is 0.250. The lowest BCUT2D eigenvalue weighted by Gasteiger charge is -2.18. The van der Waals surface area contributed by atoms with Crippen LogP contribution in [-0.2, 0) is 10.8 Å². The molecule has 0 atom stereocenters. The van der Waals surface area contributed by atoms with Crippen molar-refractivity contribution in [2.75, 3.05) is 0 Å². The first-order valence-corrected chi connectivity index (χ1v) is 8.54. The van der Waals surface area contributed by atoms with Crippen LogP contribution in [0.3, 0.4) is 0 Å². The first kappa shape index (κ1) is 20.0. The molecule has 0 heterocycles. The molecule has 0 aliphatic rings. The van der Waals surface area contributed by atoms with Crippen molar-refractivity contribution in [2.24, 2.45) is 0 Å². The van der Waals surface area contributed by atoms with Gasteiger partial charge in [0.2, 0.25) is 0 Å². The highest BCUT2D eigenvalue weighted by molar-refractivity contribution is 5.48. The summed E-state index contributed by atoms with van der Waals surface area (Å²) in [5, 5.41) is 0. The molecule has 0 aliphatic carbocycles. The zero-order valence-corrected chi connectivity index (χ0v) is 16.2. The highest BCUT2D eigenvalue weighted by atomic mass is 14.2. The van der Waals surface area contributed by atoms with Crippen molar-refractivity contribution in [1.29, 1.82) is 0 Å². The van der Waals surface area contributed by atoms with Crippen molar-refractivity contribution in [1.82, 2.24) is 0 Å². The largest absolute Gasteiger partial charge is 0.0985 e. The monoisotopic (exact) mass is 320 g/mol. The Kier molecular flexibility index (Phi) is 6.78. The third-order valence-corrected chi connectivity index (χ3v) is 4.02. The van der Waals surface area contributed by atoms with Crippen molar-refractivity contribution < 1.29 is 0 Å². The van der Waals surface area contributed by atoms with Crippen molar-refractivity contribution in [3.05, 3.63) is 83.9 Å². The Morgan fingerprint density at radius 1 is 0.542 bits per heavy atom. The van der Waals surface area contributed by atoms with Crippen LogP contribution in [0.5, 0.6) is 0 Å². The van der Waals surface area contributed by atoms with Gasteiger partial charge in [0.05, 0.1) is 0 Å². The molecular formula is C24H32. The van der Waals surface area contributed by atoms with E-state index in [2.05, 4.69) is 103 Å². The second kappa shape index (κ2) is 8.15. The third kappa shape index (κ3) is 6.20. The SMILES string of the molecule is C=Cc1ccc(C(C)(C)C)cc1.C=Cc1ccc(C(C)(C)C)cc1. The lowest BCUT2D eigenvalue weighted by Crippen LogP contribution is -2.10. The summed E-state index contributed by atoms with van der Waals surface area (Å²) in [4.78, 5) is 0. The van der Waals surface area contributed by atoms with Gasteiger partial charge in [0.15, 0.2) is 0 Å². The van der Waals surface area contributed by atoms with Gasteiger partial charge in [0, 0.05) is 0 Å². The van der Waals surface area contributed by atoms with Gasteiger partial charge in [-0.25, -0.2) is 0 Å². The maximum atomic E-state index is 3.72. The van der Waals surface area contributed by atoms with Crippen molar-refractivity contribution in [3.63, 3.8) is 0 Å². The lowest BCUT2D eigenvalue weighted by molar-refractivity contribution is 0.590. The van der Waals surface area contributed by atoms with E-state index in [-0.39, 0.29) is 10.8 Å². The fourth-order valence-electron chi connectivity index (χ4n) is 2.24.